The zero-order valence-corrected chi connectivity index (χ0v) is 10.9. The van der Waals surface area contributed by atoms with Gasteiger partial charge in [-0.15, -0.1) is 0 Å². The molecule has 1 aromatic rings. The van der Waals surface area contributed by atoms with Crippen LogP contribution in [-0.2, 0) is 0 Å². The van der Waals surface area contributed by atoms with E-state index in [2.05, 4.69) is 0 Å². The first kappa shape index (κ1) is 15.8. The Balaban J connectivity index is 2.63. The minimum absolute atomic E-state index is 0.0532. The van der Waals surface area contributed by atoms with Crippen molar-refractivity contribution in [3.8, 4) is 5.75 Å². The fourth-order valence-corrected chi connectivity index (χ4v) is 1.74. The molecule has 0 radical (unpaired) electrons. The molecule has 0 bridgehead atoms. The molecule has 0 saturated carbocycles. The smallest absolute Gasteiger partial charge is 0.401 e. The van der Waals surface area contributed by atoms with Gasteiger partial charge in [0.05, 0.1) is 19.8 Å². The van der Waals surface area contributed by atoms with Crippen LogP contribution in [0.25, 0.3) is 0 Å². The molecule has 0 fully saturated rings. The number of benzene rings is 1. The van der Waals surface area contributed by atoms with Crippen molar-refractivity contribution in [3.05, 3.63) is 29.8 Å². The van der Waals surface area contributed by atoms with Gasteiger partial charge in [-0.05, 0) is 24.2 Å². The number of alkyl halides is 3. The van der Waals surface area contributed by atoms with Crippen LogP contribution in [0.3, 0.4) is 0 Å². The summed E-state index contributed by atoms with van der Waals surface area (Å²) in [4.78, 5) is 1.16. The number of hydrogen-bond donors (Lipinski definition) is 1. The van der Waals surface area contributed by atoms with Crippen molar-refractivity contribution in [2.75, 3.05) is 26.7 Å². The summed E-state index contributed by atoms with van der Waals surface area (Å²) in [5.74, 6) is 0.638. The molecule has 0 saturated heterocycles. The average molecular weight is 277 g/mol. The summed E-state index contributed by atoms with van der Waals surface area (Å²) in [6.07, 6.45) is -5.21. The molecular formula is C13H18F3NO2. The lowest BCUT2D eigenvalue weighted by molar-refractivity contribution is -0.148. The second-order valence-electron chi connectivity index (χ2n) is 4.23. The molecule has 1 N–H and O–H groups in total. The molecule has 0 aliphatic rings. The van der Waals surface area contributed by atoms with E-state index in [0.29, 0.717) is 11.3 Å². The molecule has 0 aliphatic heterocycles. The molecule has 0 aliphatic carbocycles. The summed E-state index contributed by atoms with van der Waals surface area (Å²) in [6.45, 7) is 0.790. The molecule has 1 rings (SSSR count). The number of halogens is 3. The van der Waals surface area contributed by atoms with Gasteiger partial charge in [0.2, 0.25) is 0 Å². The highest BCUT2D eigenvalue weighted by Gasteiger charge is 2.30. The topological polar surface area (TPSA) is 32.7 Å². The number of ether oxygens (including phenoxy) is 1. The van der Waals surface area contributed by atoms with Gasteiger partial charge >= 0.3 is 6.18 Å². The maximum Gasteiger partial charge on any atom is 0.401 e. The Hall–Kier alpha value is -1.27. The summed E-state index contributed by atoms with van der Waals surface area (Å²) in [5.41, 5.74) is 0.571. The number of nitrogens with zero attached hydrogens (tertiary/aromatic N) is 1. The minimum Gasteiger partial charge on any atom is -0.497 e. The molecule has 6 heteroatoms. The van der Waals surface area contributed by atoms with Crippen LogP contribution in [0.2, 0.25) is 0 Å². The van der Waals surface area contributed by atoms with Gasteiger partial charge in [-0.25, -0.2) is 0 Å². The summed E-state index contributed by atoms with van der Waals surface area (Å²) < 4.78 is 41.9. The number of hydrogen-bond acceptors (Lipinski definition) is 3. The first-order valence-corrected chi connectivity index (χ1v) is 5.97. The third-order valence-corrected chi connectivity index (χ3v) is 2.78. The van der Waals surface area contributed by atoms with Crippen molar-refractivity contribution in [1.82, 2.24) is 4.90 Å². The molecule has 0 aromatic heterocycles. The Morgan fingerprint density at radius 2 is 1.84 bits per heavy atom. The van der Waals surface area contributed by atoms with Crippen LogP contribution in [0, 0.1) is 0 Å². The highest BCUT2D eigenvalue weighted by atomic mass is 19.4. The average Bonchev–Trinajstić information content (AvgIpc) is 2.36. The van der Waals surface area contributed by atoms with Crippen molar-refractivity contribution in [1.29, 1.82) is 0 Å². The van der Waals surface area contributed by atoms with Crippen LogP contribution >= 0.6 is 0 Å². The van der Waals surface area contributed by atoms with E-state index in [0.717, 1.165) is 4.90 Å². The van der Waals surface area contributed by atoms with Gasteiger partial charge in [-0.2, -0.15) is 13.2 Å². The van der Waals surface area contributed by atoms with Crippen LogP contribution < -0.4 is 4.74 Å². The third kappa shape index (κ3) is 5.48. The minimum atomic E-state index is -4.25. The monoisotopic (exact) mass is 277 g/mol. The number of likely N-dealkylation sites (N-methyl/N-ethyl adjacent to an activating group) is 1. The lowest BCUT2D eigenvalue weighted by Crippen LogP contribution is -2.36. The van der Waals surface area contributed by atoms with Crippen LogP contribution in [0.1, 0.15) is 18.6 Å². The molecule has 3 nitrogen and oxygen atoms in total. The van der Waals surface area contributed by atoms with Gasteiger partial charge in [0.1, 0.15) is 5.75 Å². The lowest BCUT2D eigenvalue weighted by Gasteiger charge is -2.24. The largest absolute Gasteiger partial charge is 0.497 e. The first-order valence-electron chi connectivity index (χ1n) is 5.97. The molecular weight excluding hydrogens is 259 g/mol. The zero-order valence-electron chi connectivity index (χ0n) is 10.9. The van der Waals surface area contributed by atoms with Crippen molar-refractivity contribution >= 4 is 0 Å². The summed E-state index contributed by atoms with van der Waals surface area (Å²) in [7, 11) is 1.52. The molecule has 1 unspecified atom stereocenters. The van der Waals surface area contributed by atoms with Crippen molar-refractivity contribution in [3.63, 3.8) is 0 Å². The standard InChI is InChI=1S/C13H18F3NO2/c1-3-17(9-13(14,15)16)8-12(18)10-4-6-11(19-2)7-5-10/h4-7,12,18H,3,8-9H2,1-2H3. The van der Waals surface area contributed by atoms with E-state index in [9.17, 15) is 18.3 Å². The van der Waals surface area contributed by atoms with E-state index in [1.54, 1.807) is 31.2 Å². The fourth-order valence-electron chi connectivity index (χ4n) is 1.74. The Kier molecular flexibility index (Phi) is 5.62. The maximum absolute atomic E-state index is 12.3. The predicted molar refractivity (Wildman–Crippen MR) is 66.1 cm³/mol. The first-order chi connectivity index (χ1) is 8.85. The van der Waals surface area contributed by atoms with Crippen LogP contribution in [0.4, 0.5) is 13.2 Å². The van der Waals surface area contributed by atoms with Gasteiger partial charge in [-0.3, -0.25) is 4.90 Å². The number of aliphatic hydroxyl groups excluding tert-OH is 1. The second kappa shape index (κ2) is 6.77. The van der Waals surface area contributed by atoms with Crippen LogP contribution in [-0.4, -0.2) is 42.9 Å². The maximum atomic E-state index is 12.3. The normalized spacial score (nSPS) is 13.6. The zero-order chi connectivity index (χ0) is 14.5. The number of rotatable bonds is 6. The lowest BCUT2D eigenvalue weighted by atomic mass is 10.1. The van der Waals surface area contributed by atoms with Crippen LogP contribution in [0.15, 0.2) is 24.3 Å². The van der Waals surface area contributed by atoms with Crippen molar-refractivity contribution in [2.24, 2.45) is 0 Å². The Bertz CT molecular complexity index is 378. The van der Waals surface area contributed by atoms with Gasteiger partial charge < -0.3 is 9.84 Å². The summed E-state index contributed by atoms with van der Waals surface area (Å²) in [6, 6.07) is 6.62. The second-order valence-corrected chi connectivity index (χ2v) is 4.23. The number of aliphatic hydroxyl groups is 1. The Labute approximate surface area is 110 Å². The summed E-state index contributed by atoms with van der Waals surface area (Å²) >= 11 is 0. The van der Waals surface area contributed by atoms with Crippen molar-refractivity contribution in [2.45, 2.75) is 19.2 Å². The highest BCUT2D eigenvalue weighted by molar-refractivity contribution is 5.28. The SMILES string of the molecule is CCN(CC(O)c1ccc(OC)cc1)CC(F)(F)F. The van der Waals surface area contributed by atoms with Gasteiger partial charge in [0, 0.05) is 6.54 Å². The fraction of sp³-hybridized carbons (Fsp3) is 0.538. The van der Waals surface area contributed by atoms with Gasteiger partial charge in [0.25, 0.3) is 0 Å². The third-order valence-electron chi connectivity index (χ3n) is 2.78. The molecule has 0 heterocycles. The highest BCUT2D eigenvalue weighted by Crippen LogP contribution is 2.21. The van der Waals surface area contributed by atoms with E-state index in [1.807, 2.05) is 0 Å². The molecule has 1 aromatic carbocycles. The van der Waals surface area contributed by atoms with E-state index in [-0.39, 0.29) is 13.1 Å². The van der Waals surface area contributed by atoms with Crippen molar-refractivity contribution < 1.29 is 23.0 Å². The summed E-state index contributed by atoms with van der Waals surface area (Å²) in [5, 5.41) is 9.93. The Morgan fingerprint density at radius 1 is 1.26 bits per heavy atom. The molecule has 0 amide bonds. The Morgan fingerprint density at radius 3 is 2.26 bits per heavy atom. The van der Waals surface area contributed by atoms with E-state index < -0.39 is 18.8 Å². The van der Waals surface area contributed by atoms with Gasteiger partial charge in [0.15, 0.2) is 0 Å². The van der Waals surface area contributed by atoms with Crippen LogP contribution in [0.5, 0.6) is 5.75 Å². The van der Waals surface area contributed by atoms with E-state index in [4.69, 9.17) is 4.74 Å². The quantitative estimate of drug-likeness (QED) is 0.867. The number of methoxy groups -OCH3 is 1. The molecule has 108 valence electrons. The van der Waals surface area contributed by atoms with Gasteiger partial charge in [-0.1, -0.05) is 19.1 Å². The predicted octanol–water partition coefficient (Wildman–Crippen LogP) is 2.61. The molecule has 19 heavy (non-hydrogen) atoms. The molecule has 1 atom stereocenters. The van der Waals surface area contributed by atoms with E-state index >= 15 is 0 Å². The van der Waals surface area contributed by atoms with E-state index in [1.165, 1.54) is 7.11 Å². The molecule has 0 spiro atoms.